The van der Waals surface area contributed by atoms with E-state index in [0.29, 0.717) is 24.5 Å². The van der Waals surface area contributed by atoms with Gasteiger partial charge in [0.1, 0.15) is 11.5 Å². The molecule has 0 bridgehead atoms. The van der Waals surface area contributed by atoms with Crippen molar-refractivity contribution in [2.75, 3.05) is 32.6 Å². The Labute approximate surface area is 149 Å². The molecule has 5 heteroatoms. The van der Waals surface area contributed by atoms with Gasteiger partial charge in [-0.3, -0.25) is 9.69 Å². The maximum absolute atomic E-state index is 12.4. The van der Waals surface area contributed by atoms with Crippen LogP contribution in [0.3, 0.4) is 0 Å². The van der Waals surface area contributed by atoms with Crippen LogP contribution in [0, 0.1) is 0 Å². The van der Waals surface area contributed by atoms with E-state index in [1.807, 2.05) is 48.5 Å². The lowest BCUT2D eigenvalue weighted by atomic mass is 10.2. The maximum atomic E-state index is 12.4. The number of nitrogens with zero attached hydrogens (tertiary/aromatic N) is 1. The zero-order valence-corrected chi connectivity index (χ0v) is 15.1. The molecule has 2 aromatic carbocycles. The third kappa shape index (κ3) is 5.80. The summed E-state index contributed by atoms with van der Waals surface area (Å²) in [6.07, 6.45) is 0.978. The van der Waals surface area contributed by atoms with Gasteiger partial charge >= 0.3 is 0 Å². The molecule has 0 aliphatic heterocycles. The van der Waals surface area contributed by atoms with Crippen LogP contribution in [-0.4, -0.2) is 38.1 Å². The lowest BCUT2D eigenvalue weighted by Gasteiger charge is -2.21. The van der Waals surface area contributed by atoms with E-state index in [4.69, 9.17) is 9.47 Å². The highest BCUT2D eigenvalue weighted by atomic mass is 16.5. The number of rotatable bonds is 9. The molecule has 2 aromatic rings. The first-order valence-electron chi connectivity index (χ1n) is 8.44. The molecule has 1 N–H and O–H groups in total. The molecule has 0 radical (unpaired) electrons. The van der Waals surface area contributed by atoms with Crippen molar-refractivity contribution < 1.29 is 14.3 Å². The van der Waals surface area contributed by atoms with Crippen LogP contribution < -0.4 is 14.8 Å². The first kappa shape index (κ1) is 18.8. The van der Waals surface area contributed by atoms with E-state index in [9.17, 15) is 4.79 Å². The third-order valence-electron chi connectivity index (χ3n) is 3.83. The third-order valence-corrected chi connectivity index (χ3v) is 3.83. The molecule has 0 saturated carbocycles. The molecule has 0 heterocycles. The minimum absolute atomic E-state index is 0.0548. The van der Waals surface area contributed by atoms with Gasteiger partial charge in [-0.1, -0.05) is 31.2 Å². The second-order valence-electron chi connectivity index (χ2n) is 5.81. The Kier molecular flexibility index (Phi) is 7.29. The molecule has 0 unspecified atom stereocenters. The normalized spacial score (nSPS) is 10.6. The van der Waals surface area contributed by atoms with Crippen molar-refractivity contribution >= 4 is 11.6 Å². The summed E-state index contributed by atoms with van der Waals surface area (Å²) in [5.41, 5.74) is 1.81. The molecule has 0 aromatic heterocycles. The van der Waals surface area contributed by atoms with Crippen LogP contribution in [0.1, 0.15) is 18.9 Å². The molecule has 134 valence electrons. The van der Waals surface area contributed by atoms with Gasteiger partial charge in [0.15, 0.2) is 0 Å². The van der Waals surface area contributed by atoms with E-state index in [1.54, 1.807) is 14.2 Å². The molecular weight excluding hydrogens is 316 g/mol. The van der Waals surface area contributed by atoms with Gasteiger partial charge in [0.05, 0.1) is 26.5 Å². The number of amides is 1. The van der Waals surface area contributed by atoms with Crippen LogP contribution >= 0.6 is 0 Å². The van der Waals surface area contributed by atoms with Crippen LogP contribution in [0.5, 0.6) is 11.5 Å². The Balaban J connectivity index is 2.01. The molecule has 0 spiro atoms. The second kappa shape index (κ2) is 9.69. The molecular formula is C20H26N2O3. The van der Waals surface area contributed by atoms with Crippen molar-refractivity contribution in [3.63, 3.8) is 0 Å². The van der Waals surface area contributed by atoms with Crippen LogP contribution in [0.2, 0.25) is 0 Å². The average Bonchev–Trinajstić information content (AvgIpc) is 2.62. The fourth-order valence-corrected chi connectivity index (χ4v) is 2.70. The van der Waals surface area contributed by atoms with Crippen molar-refractivity contribution in [1.82, 2.24) is 4.90 Å². The summed E-state index contributed by atoms with van der Waals surface area (Å²) in [4.78, 5) is 14.6. The summed E-state index contributed by atoms with van der Waals surface area (Å²) in [7, 11) is 3.25. The Morgan fingerprint density at radius 2 is 1.88 bits per heavy atom. The zero-order valence-electron chi connectivity index (χ0n) is 15.1. The van der Waals surface area contributed by atoms with Gasteiger partial charge in [0.2, 0.25) is 5.91 Å². The lowest BCUT2D eigenvalue weighted by Crippen LogP contribution is -2.33. The number of nitrogens with one attached hydrogen (secondary N) is 1. The summed E-state index contributed by atoms with van der Waals surface area (Å²) in [6, 6.07) is 15.3. The van der Waals surface area contributed by atoms with Gasteiger partial charge in [0.25, 0.3) is 0 Å². The number of anilines is 1. The highest BCUT2D eigenvalue weighted by molar-refractivity contribution is 5.93. The largest absolute Gasteiger partial charge is 0.497 e. The molecule has 0 saturated heterocycles. The second-order valence-corrected chi connectivity index (χ2v) is 5.81. The molecule has 0 aliphatic carbocycles. The SMILES string of the molecule is CCCN(CC(=O)Nc1ccccc1OC)Cc1cccc(OC)c1. The number of methoxy groups -OCH3 is 2. The fourth-order valence-electron chi connectivity index (χ4n) is 2.70. The van der Waals surface area contributed by atoms with Gasteiger partial charge in [-0.25, -0.2) is 0 Å². The molecule has 25 heavy (non-hydrogen) atoms. The van der Waals surface area contributed by atoms with Crippen molar-refractivity contribution in [1.29, 1.82) is 0 Å². The lowest BCUT2D eigenvalue weighted by molar-refractivity contribution is -0.117. The minimum Gasteiger partial charge on any atom is -0.497 e. The summed E-state index contributed by atoms with van der Waals surface area (Å²) in [6.45, 7) is 3.97. The van der Waals surface area contributed by atoms with E-state index in [1.165, 1.54) is 0 Å². The predicted octanol–water partition coefficient (Wildman–Crippen LogP) is 3.55. The molecule has 0 atom stereocenters. The first-order chi connectivity index (χ1) is 12.2. The Morgan fingerprint density at radius 1 is 1.08 bits per heavy atom. The van der Waals surface area contributed by atoms with E-state index >= 15 is 0 Å². The number of carbonyl (C=O) groups excluding carboxylic acids is 1. The van der Waals surface area contributed by atoms with E-state index in [-0.39, 0.29) is 5.91 Å². The highest BCUT2D eigenvalue weighted by Gasteiger charge is 2.13. The quantitative estimate of drug-likeness (QED) is 0.757. The molecule has 2 rings (SSSR count). The fraction of sp³-hybridized carbons (Fsp3) is 0.350. The van der Waals surface area contributed by atoms with Crippen LogP contribution in [-0.2, 0) is 11.3 Å². The monoisotopic (exact) mass is 342 g/mol. The molecule has 0 aliphatic rings. The Morgan fingerprint density at radius 3 is 2.60 bits per heavy atom. The summed E-state index contributed by atoms with van der Waals surface area (Å²) in [5.74, 6) is 1.43. The van der Waals surface area contributed by atoms with E-state index in [0.717, 1.165) is 24.3 Å². The van der Waals surface area contributed by atoms with Crippen molar-refractivity contribution in [3.8, 4) is 11.5 Å². The number of benzene rings is 2. The van der Waals surface area contributed by atoms with E-state index < -0.39 is 0 Å². The Hall–Kier alpha value is -2.53. The summed E-state index contributed by atoms with van der Waals surface area (Å²) >= 11 is 0. The number of ether oxygens (including phenoxy) is 2. The van der Waals surface area contributed by atoms with Gasteiger partial charge < -0.3 is 14.8 Å². The van der Waals surface area contributed by atoms with Crippen molar-refractivity contribution in [3.05, 3.63) is 54.1 Å². The smallest absolute Gasteiger partial charge is 0.238 e. The first-order valence-corrected chi connectivity index (χ1v) is 8.44. The number of carbonyl (C=O) groups is 1. The summed E-state index contributed by atoms with van der Waals surface area (Å²) in [5, 5.41) is 2.93. The average molecular weight is 342 g/mol. The predicted molar refractivity (Wildman–Crippen MR) is 100 cm³/mol. The van der Waals surface area contributed by atoms with Gasteiger partial charge in [-0.05, 0) is 42.8 Å². The maximum Gasteiger partial charge on any atom is 0.238 e. The number of hydrogen-bond donors (Lipinski definition) is 1. The number of para-hydroxylation sites is 2. The minimum atomic E-state index is -0.0548. The molecule has 1 amide bonds. The Bertz CT molecular complexity index is 688. The van der Waals surface area contributed by atoms with Gasteiger partial charge in [-0.2, -0.15) is 0 Å². The van der Waals surface area contributed by atoms with Gasteiger partial charge in [0, 0.05) is 6.54 Å². The van der Waals surface area contributed by atoms with Crippen LogP contribution in [0.15, 0.2) is 48.5 Å². The highest BCUT2D eigenvalue weighted by Crippen LogP contribution is 2.23. The topological polar surface area (TPSA) is 50.8 Å². The molecule has 5 nitrogen and oxygen atoms in total. The summed E-state index contributed by atoms with van der Waals surface area (Å²) < 4.78 is 10.5. The molecule has 0 fully saturated rings. The van der Waals surface area contributed by atoms with Crippen molar-refractivity contribution in [2.24, 2.45) is 0 Å². The van der Waals surface area contributed by atoms with Gasteiger partial charge in [-0.15, -0.1) is 0 Å². The van der Waals surface area contributed by atoms with Crippen molar-refractivity contribution in [2.45, 2.75) is 19.9 Å². The van der Waals surface area contributed by atoms with Crippen LogP contribution in [0.25, 0.3) is 0 Å². The standard InChI is InChI=1S/C20H26N2O3/c1-4-12-22(14-16-8-7-9-17(13-16)24-2)15-20(23)21-18-10-5-6-11-19(18)25-3/h5-11,13H,4,12,14-15H2,1-3H3,(H,21,23). The van der Waals surface area contributed by atoms with E-state index in [2.05, 4.69) is 17.1 Å². The number of hydrogen-bond acceptors (Lipinski definition) is 4. The van der Waals surface area contributed by atoms with Crippen LogP contribution in [0.4, 0.5) is 5.69 Å². The zero-order chi connectivity index (χ0) is 18.1.